The maximum absolute atomic E-state index is 6.04. The van der Waals surface area contributed by atoms with Crippen LogP contribution in [0.1, 0.15) is 12.5 Å². The van der Waals surface area contributed by atoms with Crippen LogP contribution in [0.3, 0.4) is 0 Å². The summed E-state index contributed by atoms with van der Waals surface area (Å²) < 4.78 is 5.59. The van der Waals surface area contributed by atoms with Gasteiger partial charge in [-0.15, -0.1) is 11.8 Å². The van der Waals surface area contributed by atoms with Gasteiger partial charge in [-0.05, 0) is 49.1 Å². The Morgan fingerprint density at radius 1 is 1.15 bits per heavy atom. The van der Waals surface area contributed by atoms with Crippen LogP contribution in [-0.4, -0.2) is 12.9 Å². The lowest BCUT2D eigenvalue weighted by molar-refractivity contribution is 0.341. The van der Waals surface area contributed by atoms with E-state index in [1.54, 1.807) is 11.8 Å². The van der Waals surface area contributed by atoms with Gasteiger partial charge in [0.05, 0.1) is 12.3 Å². The Labute approximate surface area is 129 Å². The van der Waals surface area contributed by atoms with E-state index in [2.05, 4.69) is 35.8 Å². The Morgan fingerprint density at radius 2 is 1.90 bits per heavy atom. The molecule has 0 fully saturated rings. The summed E-state index contributed by atoms with van der Waals surface area (Å²) in [7, 11) is 0. The van der Waals surface area contributed by atoms with Gasteiger partial charge in [-0.1, -0.05) is 23.7 Å². The summed E-state index contributed by atoms with van der Waals surface area (Å²) in [5.41, 5.74) is 2.15. The fourth-order valence-electron chi connectivity index (χ4n) is 1.86. The molecule has 0 saturated carbocycles. The predicted molar refractivity (Wildman–Crippen MR) is 88.2 cm³/mol. The van der Waals surface area contributed by atoms with Crippen molar-refractivity contribution in [2.45, 2.75) is 18.4 Å². The van der Waals surface area contributed by atoms with Gasteiger partial charge >= 0.3 is 0 Å². The van der Waals surface area contributed by atoms with Gasteiger partial charge in [0.15, 0.2) is 0 Å². The van der Waals surface area contributed by atoms with E-state index in [1.165, 1.54) is 10.5 Å². The van der Waals surface area contributed by atoms with Crippen LogP contribution in [0.2, 0.25) is 5.02 Å². The van der Waals surface area contributed by atoms with E-state index >= 15 is 0 Å². The lowest BCUT2D eigenvalue weighted by atomic mass is 10.2. The molecule has 0 radical (unpaired) electrons. The Bertz CT molecular complexity index is 557. The number of ether oxygens (including phenoxy) is 1. The molecule has 2 aromatic rings. The molecule has 2 rings (SSSR count). The molecule has 0 heterocycles. The highest BCUT2D eigenvalue weighted by molar-refractivity contribution is 7.98. The van der Waals surface area contributed by atoms with Crippen molar-refractivity contribution in [1.82, 2.24) is 0 Å². The summed E-state index contributed by atoms with van der Waals surface area (Å²) in [4.78, 5) is 1.27. The second kappa shape index (κ2) is 7.46. The van der Waals surface area contributed by atoms with Crippen molar-refractivity contribution in [1.29, 1.82) is 0 Å². The zero-order valence-corrected chi connectivity index (χ0v) is 13.2. The van der Waals surface area contributed by atoms with Crippen LogP contribution in [0.5, 0.6) is 5.75 Å². The summed E-state index contributed by atoms with van der Waals surface area (Å²) in [5.74, 6) is 0.831. The van der Waals surface area contributed by atoms with Gasteiger partial charge in [0.25, 0.3) is 0 Å². The Kier molecular flexibility index (Phi) is 5.62. The lowest BCUT2D eigenvalue weighted by Crippen LogP contribution is -2.02. The molecule has 0 spiro atoms. The van der Waals surface area contributed by atoms with Crippen LogP contribution >= 0.6 is 23.4 Å². The predicted octanol–water partition coefficient (Wildman–Crippen LogP) is 5.07. The number of halogens is 1. The topological polar surface area (TPSA) is 21.3 Å². The smallest absolute Gasteiger partial charge is 0.142 e. The van der Waals surface area contributed by atoms with Gasteiger partial charge in [0, 0.05) is 16.5 Å². The average Bonchev–Trinajstić information content (AvgIpc) is 2.48. The minimum atomic E-state index is 0.638. The molecule has 2 aromatic carbocycles. The average molecular weight is 308 g/mol. The van der Waals surface area contributed by atoms with Crippen molar-refractivity contribution >= 4 is 29.1 Å². The number of rotatable bonds is 6. The number of hydrogen-bond donors (Lipinski definition) is 1. The first-order valence-electron chi connectivity index (χ1n) is 6.52. The quantitative estimate of drug-likeness (QED) is 0.753. The first kappa shape index (κ1) is 15.1. The second-order valence-electron chi connectivity index (χ2n) is 4.28. The van der Waals surface area contributed by atoms with Crippen molar-refractivity contribution in [3.8, 4) is 5.75 Å². The van der Waals surface area contributed by atoms with Crippen LogP contribution in [0, 0.1) is 0 Å². The van der Waals surface area contributed by atoms with Gasteiger partial charge in [0.2, 0.25) is 0 Å². The molecule has 20 heavy (non-hydrogen) atoms. The Morgan fingerprint density at radius 3 is 2.55 bits per heavy atom. The van der Waals surface area contributed by atoms with E-state index in [0.717, 1.165) is 18.0 Å². The first-order chi connectivity index (χ1) is 9.72. The van der Waals surface area contributed by atoms with Crippen molar-refractivity contribution in [2.75, 3.05) is 18.2 Å². The molecule has 0 bridgehead atoms. The molecule has 106 valence electrons. The summed E-state index contributed by atoms with van der Waals surface area (Å²) in [6.07, 6.45) is 2.08. The molecule has 0 saturated heterocycles. The third-order valence-corrected chi connectivity index (χ3v) is 3.86. The fourth-order valence-corrected chi connectivity index (χ4v) is 2.44. The number of thioether (sulfide) groups is 1. The molecule has 2 nitrogen and oxygen atoms in total. The second-order valence-corrected chi connectivity index (χ2v) is 5.59. The summed E-state index contributed by atoms with van der Waals surface area (Å²) in [6, 6.07) is 14.1. The highest BCUT2D eigenvalue weighted by Crippen LogP contribution is 2.28. The Balaban J connectivity index is 2.07. The van der Waals surface area contributed by atoms with Crippen LogP contribution in [-0.2, 0) is 6.54 Å². The van der Waals surface area contributed by atoms with E-state index in [0.29, 0.717) is 11.6 Å². The molecular formula is C16H18ClNOS. The summed E-state index contributed by atoms with van der Waals surface area (Å²) in [5, 5.41) is 4.08. The fraction of sp³-hybridized carbons (Fsp3) is 0.250. The zero-order valence-electron chi connectivity index (χ0n) is 11.7. The van der Waals surface area contributed by atoms with Crippen molar-refractivity contribution in [2.24, 2.45) is 0 Å². The van der Waals surface area contributed by atoms with Crippen LogP contribution in [0.4, 0.5) is 5.69 Å². The Hall–Kier alpha value is -1.32. The van der Waals surface area contributed by atoms with Crippen LogP contribution < -0.4 is 10.1 Å². The van der Waals surface area contributed by atoms with Gasteiger partial charge in [-0.3, -0.25) is 0 Å². The number of benzene rings is 2. The lowest BCUT2D eigenvalue weighted by Gasteiger charge is -2.13. The van der Waals surface area contributed by atoms with E-state index in [9.17, 15) is 0 Å². The largest absolute Gasteiger partial charge is 0.492 e. The molecule has 0 atom stereocenters. The molecule has 0 aliphatic carbocycles. The summed E-state index contributed by atoms with van der Waals surface area (Å²) in [6.45, 7) is 3.35. The molecule has 0 aromatic heterocycles. The molecule has 0 aliphatic rings. The monoisotopic (exact) mass is 307 g/mol. The van der Waals surface area contributed by atoms with Crippen molar-refractivity contribution < 1.29 is 4.74 Å². The highest BCUT2D eigenvalue weighted by Gasteiger charge is 2.04. The maximum atomic E-state index is 6.04. The van der Waals surface area contributed by atoms with E-state index < -0.39 is 0 Å². The molecule has 4 heteroatoms. The first-order valence-corrected chi connectivity index (χ1v) is 8.12. The summed E-state index contributed by atoms with van der Waals surface area (Å²) >= 11 is 7.79. The molecule has 0 unspecified atom stereocenters. The van der Waals surface area contributed by atoms with E-state index in [1.807, 2.05) is 25.1 Å². The molecule has 0 aliphatic heterocycles. The van der Waals surface area contributed by atoms with Gasteiger partial charge in [-0.25, -0.2) is 0 Å². The standard InChI is InChI=1S/C16H18ClNOS/c1-3-19-16-9-6-13(17)10-15(16)18-11-12-4-7-14(20-2)8-5-12/h4-10,18H,3,11H2,1-2H3. The van der Waals surface area contributed by atoms with Crippen LogP contribution in [0.15, 0.2) is 47.4 Å². The maximum Gasteiger partial charge on any atom is 0.142 e. The van der Waals surface area contributed by atoms with Gasteiger partial charge in [-0.2, -0.15) is 0 Å². The SMILES string of the molecule is CCOc1ccc(Cl)cc1NCc1ccc(SC)cc1. The van der Waals surface area contributed by atoms with Gasteiger partial charge in [0.1, 0.15) is 5.75 Å². The van der Waals surface area contributed by atoms with Gasteiger partial charge < -0.3 is 10.1 Å². The minimum absolute atomic E-state index is 0.638. The van der Waals surface area contributed by atoms with Crippen LogP contribution in [0.25, 0.3) is 0 Å². The molecule has 1 N–H and O–H groups in total. The van der Waals surface area contributed by atoms with E-state index in [4.69, 9.17) is 16.3 Å². The molecule has 0 amide bonds. The molecular weight excluding hydrogens is 290 g/mol. The number of anilines is 1. The zero-order chi connectivity index (χ0) is 14.4. The number of nitrogens with one attached hydrogen (secondary N) is 1. The third kappa shape index (κ3) is 4.09. The third-order valence-electron chi connectivity index (χ3n) is 2.88. The highest BCUT2D eigenvalue weighted by atomic mass is 35.5. The normalized spacial score (nSPS) is 10.3. The van der Waals surface area contributed by atoms with Crippen molar-refractivity contribution in [3.05, 3.63) is 53.1 Å². The minimum Gasteiger partial charge on any atom is -0.492 e. The number of hydrogen-bond acceptors (Lipinski definition) is 3. The van der Waals surface area contributed by atoms with Crippen molar-refractivity contribution in [3.63, 3.8) is 0 Å². The van der Waals surface area contributed by atoms with E-state index in [-0.39, 0.29) is 0 Å².